The van der Waals surface area contributed by atoms with Crippen LogP contribution in [0.4, 0.5) is 0 Å². The van der Waals surface area contributed by atoms with Crippen LogP contribution in [0.3, 0.4) is 0 Å². The van der Waals surface area contributed by atoms with Crippen LogP contribution in [-0.4, -0.2) is 75.4 Å². The lowest BCUT2D eigenvalue weighted by atomic mass is 10.0. The first-order valence-electron chi connectivity index (χ1n) is 15.4. The van der Waals surface area contributed by atoms with Gasteiger partial charge in [0, 0.05) is 19.6 Å². The van der Waals surface area contributed by atoms with E-state index in [1.54, 1.807) is 0 Å². The molecule has 0 aromatic rings. The zero-order valence-corrected chi connectivity index (χ0v) is 26.4. The van der Waals surface area contributed by atoms with Crippen molar-refractivity contribution in [3.63, 3.8) is 0 Å². The van der Waals surface area contributed by atoms with Crippen molar-refractivity contribution < 1.29 is 32.5 Å². The Bertz CT molecular complexity index is 600. The molecule has 0 saturated carbocycles. The average Bonchev–Trinajstić information content (AvgIpc) is 2.84. The third kappa shape index (κ3) is 27.1. The van der Waals surface area contributed by atoms with Gasteiger partial charge in [-0.2, -0.15) is 0 Å². The number of unbranched alkanes of at least 4 members (excludes halogenated alkanes) is 14. The highest BCUT2D eigenvalue weighted by Gasteiger charge is 2.25. The van der Waals surface area contributed by atoms with E-state index in [1.807, 2.05) is 28.1 Å². The summed E-state index contributed by atoms with van der Waals surface area (Å²) in [6.45, 7) is 5.59. The summed E-state index contributed by atoms with van der Waals surface area (Å²) in [5.41, 5.74) is 0. The second kappa shape index (κ2) is 24.3. The predicted molar refractivity (Wildman–Crippen MR) is 157 cm³/mol. The summed E-state index contributed by atoms with van der Waals surface area (Å²) in [4.78, 5) is 21.9. The van der Waals surface area contributed by atoms with Crippen LogP contribution in [0.1, 0.15) is 123 Å². The lowest BCUT2D eigenvalue weighted by molar-refractivity contribution is -0.870. The first-order valence-corrected chi connectivity index (χ1v) is 16.9. The Morgan fingerprint density at radius 2 is 1.26 bits per heavy atom. The number of ether oxygens (including phenoxy) is 1. The smallest absolute Gasteiger partial charge is 0.374 e. The van der Waals surface area contributed by atoms with Crippen molar-refractivity contribution in [2.24, 2.45) is 0 Å². The van der Waals surface area contributed by atoms with Gasteiger partial charge in [0.15, 0.2) is 0 Å². The van der Waals surface area contributed by atoms with Crippen LogP contribution in [0.2, 0.25) is 0 Å². The molecule has 0 rings (SSSR count). The summed E-state index contributed by atoms with van der Waals surface area (Å²) in [5, 5.41) is 2.83. The van der Waals surface area contributed by atoms with Gasteiger partial charge < -0.3 is 19.4 Å². The van der Waals surface area contributed by atoms with Crippen LogP contribution in [-0.2, 0) is 23.1 Å². The average molecular weight is 566 g/mol. The monoisotopic (exact) mass is 565 g/mol. The molecular formula is C29H62N2O6P+. The van der Waals surface area contributed by atoms with Gasteiger partial charge in [-0.3, -0.25) is 13.8 Å². The summed E-state index contributed by atoms with van der Waals surface area (Å²) in [6.07, 6.45) is 20.3. The highest BCUT2D eigenvalue weighted by atomic mass is 31.2. The molecule has 0 spiro atoms. The fourth-order valence-electron chi connectivity index (χ4n) is 4.08. The van der Waals surface area contributed by atoms with Crippen molar-refractivity contribution in [2.45, 2.75) is 129 Å². The predicted octanol–water partition coefficient (Wildman–Crippen LogP) is 7.00. The second-order valence-electron chi connectivity index (χ2n) is 11.6. The van der Waals surface area contributed by atoms with Crippen LogP contribution >= 0.6 is 7.82 Å². The fraction of sp³-hybridized carbons (Fsp3) is 0.966. The van der Waals surface area contributed by atoms with Gasteiger partial charge in [-0.1, -0.05) is 104 Å². The molecule has 0 radical (unpaired) electrons. The molecule has 2 N–H and O–H groups in total. The Morgan fingerprint density at radius 1 is 0.763 bits per heavy atom. The lowest BCUT2D eigenvalue weighted by Gasteiger charge is -2.24. The molecule has 0 aliphatic heterocycles. The molecule has 38 heavy (non-hydrogen) atoms. The van der Waals surface area contributed by atoms with E-state index in [1.165, 1.54) is 83.5 Å². The Labute approximate surface area is 234 Å². The molecule has 2 atom stereocenters. The standard InChI is InChI=1S/C29H61N2O6P/c1-6-8-9-10-11-12-13-14-15-16-17-18-19-20-21-24-35-28(26-30-29(32)22-7-2)27-37-38(33,34)36-25-23-31(3,4)5/h28H,6-27H2,1-5H3,(H-,30,32,33,34)/p+1. The zero-order valence-electron chi connectivity index (χ0n) is 25.5. The Hall–Kier alpha value is -0.500. The number of quaternary nitrogens is 1. The van der Waals surface area contributed by atoms with E-state index in [0.717, 1.165) is 19.3 Å². The summed E-state index contributed by atoms with van der Waals surface area (Å²) in [7, 11) is 1.77. The molecule has 9 heteroatoms. The summed E-state index contributed by atoms with van der Waals surface area (Å²) in [6, 6.07) is 0. The lowest BCUT2D eigenvalue weighted by Crippen LogP contribution is -2.37. The van der Waals surface area contributed by atoms with Gasteiger partial charge in [0.25, 0.3) is 0 Å². The number of hydrogen-bond acceptors (Lipinski definition) is 5. The number of nitrogens with zero attached hydrogens (tertiary/aromatic N) is 1. The molecule has 0 fully saturated rings. The second-order valence-corrected chi connectivity index (χ2v) is 13.1. The molecule has 0 heterocycles. The quantitative estimate of drug-likeness (QED) is 0.0603. The number of hydrogen-bond donors (Lipinski definition) is 2. The van der Waals surface area contributed by atoms with E-state index < -0.39 is 13.9 Å². The number of carbonyl (C=O) groups is 1. The van der Waals surface area contributed by atoms with Gasteiger partial charge in [-0.25, -0.2) is 4.57 Å². The molecular weight excluding hydrogens is 503 g/mol. The highest BCUT2D eigenvalue weighted by Crippen LogP contribution is 2.43. The Morgan fingerprint density at radius 3 is 1.74 bits per heavy atom. The molecule has 0 bridgehead atoms. The molecule has 1 amide bonds. The van der Waals surface area contributed by atoms with Gasteiger partial charge in [0.05, 0.1) is 33.9 Å². The number of rotatable bonds is 28. The summed E-state index contributed by atoms with van der Waals surface area (Å²) in [5.74, 6) is -0.0561. The molecule has 0 aliphatic carbocycles. The number of amides is 1. The number of phosphoric ester groups is 1. The van der Waals surface area contributed by atoms with Gasteiger partial charge in [0.1, 0.15) is 13.2 Å². The van der Waals surface area contributed by atoms with E-state index in [2.05, 4.69) is 12.2 Å². The van der Waals surface area contributed by atoms with E-state index in [0.29, 0.717) is 24.1 Å². The number of phosphoric acid groups is 1. The third-order valence-corrected chi connectivity index (χ3v) is 7.53. The van der Waals surface area contributed by atoms with Gasteiger partial charge >= 0.3 is 7.82 Å². The normalized spacial score (nSPS) is 14.4. The summed E-state index contributed by atoms with van der Waals surface area (Å²) < 4.78 is 29.0. The molecule has 8 nitrogen and oxygen atoms in total. The maximum Gasteiger partial charge on any atom is 0.472 e. The van der Waals surface area contributed by atoms with E-state index in [4.69, 9.17) is 13.8 Å². The first-order chi connectivity index (χ1) is 18.1. The van der Waals surface area contributed by atoms with Crippen LogP contribution < -0.4 is 5.32 Å². The minimum Gasteiger partial charge on any atom is -0.374 e. The molecule has 0 saturated heterocycles. The van der Waals surface area contributed by atoms with Crippen molar-refractivity contribution in [3.8, 4) is 0 Å². The van der Waals surface area contributed by atoms with Crippen molar-refractivity contribution in [2.75, 3.05) is 54.1 Å². The fourth-order valence-corrected chi connectivity index (χ4v) is 4.82. The topological polar surface area (TPSA) is 94.1 Å². The maximum absolute atomic E-state index is 12.2. The Kier molecular flexibility index (Phi) is 24.0. The van der Waals surface area contributed by atoms with Gasteiger partial charge in [-0.05, 0) is 12.8 Å². The first kappa shape index (κ1) is 37.5. The minimum atomic E-state index is -4.17. The minimum absolute atomic E-state index is 0.0561. The van der Waals surface area contributed by atoms with Crippen molar-refractivity contribution in [1.82, 2.24) is 5.32 Å². The zero-order chi connectivity index (χ0) is 28.5. The van der Waals surface area contributed by atoms with Gasteiger partial charge in [-0.15, -0.1) is 0 Å². The molecule has 2 unspecified atom stereocenters. The van der Waals surface area contributed by atoms with Gasteiger partial charge in [0.2, 0.25) is 5.91 Å². The maximum atomic E-state index is 12.2. The van der Waals surface area contributed by atoms with E-state index in [-0.39, 0.29) is 25.7 Å². The number of nitrogens with one attached hydrogen (secondary N) is 1. The molecule has 0 aromatic heterocycles. The van der Waals surface area contributed by atoms with E-state index >= 15 is 0 Å². The van der Waals surface area contributed by atoms with Crippen molar-refractivity contribution >= 4 is 13.7 Å². The van der Waals surface area contributed by atoms with Crippen molar-refractivity contribution in [1.29, 1.82) is 0 Å². The molecule has 0 aliphatic rings. The van der Waals surface area contributed by atoms with Crippen LogP contribution in [0, 0.1) is 0 Å². The summed E-state index contributed by atoms with van der Waals surface area (Å²) >= 11 is 0. The van der Waals surface area contributed by atoms with Crippen LogP contribution in [0.15, 0.2) is 0 Å². The molecule has 228 valence electrons. The third-order valence-electron chi connectivity index (χ3n) is 6.55. The SMILES string of the molecule is CCCCCCCCCCCCCCCCCOC(CNC(=O)CCC)COP(=O)(O)OCC[N+](C)(C)C. The largest absolute Gasteiger partial charge is 0.472 e. The Balaban J connectivity index is 4.01. The number of likely N-dealkylation sites (N-methyl/N-ethyl adjacent to an activating group) is 1. The van der Waals surface area contributed by atoms with Crippen LogP contribution in [0.5, 0.6) is 0 Å². The van der Waals surface area contributed by atoms with Crippen LogP contribution in [0.25, 0.3) is 0 Å². The van der Waals surface area contributed by atoms with Crippen molar-refractivity contribution in [3.05, 3.63) is 0 Å². The van der Waals surface area contributed by atoms with E-state index in [9.17, 15) is 14.3 Å². The molecule has 0 aromatic carbocycles. The highest BCUT2D eigenvalue weighted by molar-refractivity contribution is 7.47. The number of carbonyl (C=O) groups excluding carboxylic acids is 1.